The molecular weight excluding hydrogens is 234 g/mol. The highest BCUT2D eigenvalue weighted by Gasteiger charge is 2.41. The van der Waals surface area contributed by atoms with Crippen molar-refractivity contribution in [2.45, 2.75) is 85.4 Å². The molecule has 0 aromatic heterocycles. The molecule has 0 saturated heterocycles. The molecule has 0 unspecified atom stereocenters. The van der Waals surface area contributed by atoms with E-state index in [-0.39, 0.29) is 11.2 Å². The first kappa shape index (κ1) is 17.0. The molecule has 2 nitrogen and oxygen atoms in total. The molecule has 0 spiro atoms. The second-order valence-electron chi connectivity index (χ2n) is 8.32. The number of nitrogens with one attached hydrogen (secondary N) is 1. The topological polar surface area (TPSA) is 21.3 Å². The molecule has 0 radical (unpaired) electrons. The van der Waals surface area contributed by atoms with Crippen LogP contribution in [0.4, 0.5) is 0 Å². The third kappa shape index (κ3) is 5.43. The van der Waals surface area contributed by atoms with Gasteiger partial charge in [-0.25, -0.2) is 0 Å². The highest BCUT2D eigenvalue weighted by Crippen LogP contribution is 2.43. The van der Waals surface area contributed by atoms with Crippen molar-refractivity contribution >= 4 is 0 Å². The van der Waals surface area contributed by atoms with Crippen LogP contribution < -0.4 is 5.32 Å². The van der Waals surface area contributed by atoms with E-state index in [9.17, 15) is 0 Å². The van der Waals surface area contributed by atoms with Crippen molar-refractivity contribution in [2.75, 3.05) is 13.1 Å². The predicted molar refractivity (Wildman–Crippen MR) is 83.5 cm³/mol. The lowest BCUT2D eigenvalue weighted by atomic mass is 9.68. The summed E-state index contributed by atoms with van der Waals surface area (Å²) >= 11 is 0. The monoisotopic (exact) mass is 269 g/mol. The minimum Gasteiger partial charge on any atom is -0.368 e. The summed E-state index contributed by atoms with van der Waals surface area (Å²) in [5.41, 5.74) is 0.437. The maximum absolute atomic E-state index is 6.47. The average molecular weight is 269 g/mol. The Morgan fingerprint density at radius 1 is 1.05 bits per heavy atom. The first-order chi connectivity index (χ1) is 8.58. The van der Waals surface area contributed by atoms with E-state index in [2.05, 4.69) is 53.8 Å². The van der Waals surface area contributed by atoms with Crippen molar-refractivity contribution in [3.05, 3.63) is 0 Å². The van der Waals surface area contributed by atoms with E-state index in [4.69, 9.17) is 4.74 Å². The molecule has 0 aliphatic heterocycles. The van der Waals surface area contributed by atoms with Crippen LogP contribution in [0, 0.1) is 11.3 Å². The quantitative estimate of drug-likeness (QED) is 0.817. The summed E-state index contributed by atoms with van der Waals surface area (Å²) in [5.74, 6) is 0.839. The van der Waals surface area contributed by atoms with Gasteiger partial charge in [0.05, 0.1) is 11.2 Å². The van der Waals surface area contributed by atoms with E-state index in [0.717, 1.165) is 19.0 Å². The Morgan fingerprint density at radius 3 is 1.95 bits per heavy atom. The lowest BCUT2D eigenvalue weighted by Crippen LogP contribution is -2.50. The van der Waals surface area contributed by atoms with Gasteiger partial charge in [-0.05, 0) is 64.3 Å². The Hall–Kier alpha value is -0.0800. The summed E-state index contributed by atoms with van der Waals surface area (Å²) in [4.78, 5) is 0. The third-order valence-electron chi connectivity index (χ3n) is 4.34. The van der Waals surface area contributed by atoms with Crippen molar-refractivity contribution in [1.82, 2.24) is 5.32 Å². The number of ether oxygens (including phenoxy) is 1. The number of hydrogen-bond donors (Lipinski definition) is 1. The van der Waals surface area contributed by atoms with Crippen molar-refractivity contribution < 1.29 is 4.74 Å². The van der Waals surface area contributed by atoms with Crippen LogP contribution in [-0.2, 0) is 4.74 Å². The first-order valence-corrected chi connectivity index (χ1v) is 7.99. The lowest BCUT2D eigenvalue weighted by Gasteiger charge is -2.47. The van der Waals surface area contributed by atoms with Gasteiger partial charge in [-0.15, -0.1) is 0 Å². The van der Waals surface area contributed by atoms with Crippen LogP contribution in [0.15, 0.2) is 0 Å². The van der Waals surface area contributed by atoms with Gasteiger partial charge in [0.15, 0.2) is 0 Å². The Balaban J connectivity index is 2.69. The van der Waals surface area contributed by atoms with Crippen LogP contribution in [0.3, 0.4) is 0 Å². The van der Waals surface area contributed by atoms with E-state index in [1.807, 2.05) is 0 Å². The van der Waals surface area contributed by atoms with E-state index < -0.39 is 0 Å². The average Bonchev–Trinajstić information content (AvgIpc) is 2.23. The molecule has 19 heavy (non-hydrogen) atoms. The Labute approximate surface area is 120 Å². The highest BCUT2D eigenvalue weighted by molar-refractivity contribution is 4.93. The second-order valence-corrected chi connectivity index (χ2v) is 8.32. The SMILES string of the molecule is CCNCC1(OC(C)(C)C)CCC(C(C)(C)C)CC1. The van der Waals surface area contributed by atoms with Crippen LogP contribution in [0.5, 0.6) is 0 Å². The van der Waals surface area contributed by atoms with Crippen molar-refractivity contribution in [3.8, 4) is 0 Å². The van der Waals surface area contributed by atoms with Crippen LogP contribution in [-0.4, -0.2) is 24.3 Å². The van der Waals surface area contributed by atoms with E-state index in [1.54, 1.807) is 0 Å². The zero-order chi connectivity index (χ0) is 14.7. The van der Waals surface area contributed by atoms with E-state index in [1.165, 1.54) is 25.7 Å². The van der Waals surface area contributed by atoms with Gasteiger partial charge >= 0.3 is 0 Å². The highest BCUT2D eigenvalue weighted by atomic mass is 16.5. The smallest absolute Gasteiger partial charge is 0.0813 e. The van der Waals surface area contributed by atoms with Gasteiger partial charge in [-0.1, -0.05) is 27.7 Å². The molecular formula is C17H35NO. The summed E-state index contributed by atoms with van der Waals surface area (Å²) in [7, 11) is 0. The van der Waals surface area contributed by atoms with E-state index >= 15 is 0 Å². The molecule has 114 valence electrons. The molecule has 0 heterocycles. The summed E-state index contributed by atoms with van der Waals surface area (Å²) < 4.78 is 6.47. The van der Waals surface area contributed by atoms with Gasteiger partial charge < -0.3 is 10.1 Å². The van der Waals surface area contributed by atoms with Crippen LogP contribution in [0.1, 0.15) is 74.1 Å². The first-order valence-electron chi connectivity index (χ1n) is 7.99. The molecule has 1 rings (SSSR count). The third-order valence-corrected chi connectivity index (χ3v) is 4.34. The molecule has 2 heteroatoms. The molecule has 0 bridgehead atoms. The molecule has 1 fully saturated rings. The largest absolute Gasteiger partial charge is 0.368 e. The molecule has 1 aliphatic rings. The fourth-order valence-electron chi connectivity index (χ4n) is 3.33. The Morgan fingerprint density at radius 2 is 1.58 bits per heavy atom. The van der Waals surface area contributed by atoms with E-state index in [0.29, 0.717) is 5.41 Å². The minimum absolute atomic E-state index is 0.0516. The van der Waals surface area contributed by atoms with Gasteiger partial charge in [-0.3, -0.25) is 0 Å². The number of likely N-dealkylation sites (N-methyl/N-ethyl adjacent to an activating group) is 1. The zero-order valence-electron chi connectivity index (χ0n) is 14.2. The maximum atomic E-state index is 6.47. The zero-order valence-corrected chi connectivity index (χ0v) is 14.2. The number of rotatable bonds is 4. The summed E-state index contributed by atoms with van der Waals surface area (Å²) in [6, 6.07) is 0. The summed E-state index contributed by atoms with van der Waals surface area (Å²) in [5, 5.41) is 3.51. The molecule has 1 saturated carbocycles. The Kier molecular flexibility index (Phi) is 5.48. The van der Waals surface area contributed by atoms with Crippen LogP contribution >= 0.6 is 0 Å². The van der Waals surface area contributed by atoms with Gasteiger partial charge in [0.25, 0.3) is 0 Å². The van der Waals surface area contributed by atoms with Crippen LogP contribution in [0.2, 0.25) is 0 Å². The van der Waals surface area contributed by atoms with Gasteiger partial charge in [0.1, 0.15) is 0 Å². The van der Waals surface area contributed by atoms with Crippen molar-refractivity contribution in [3.63, 3.8) is 0 Å². The fourth-order valence-corrected chi connectivity index (χ4v) is 3.33. The molecule has 0 atom stereocenters. The summed E-state index contributed by atoms with van der Waals surface area (Å²) in [6.45, 7) is 17.9. The molecule has 1 aliphatic carbocycles. The van der Waals surface area contributed by atoms with Crippen LogP contribution in [0.25, 0.3) is 0 Å². The van der Waals surface area contributed by atoms with Gasteiger partial charge in [-0.2, -0.15) is 0 Å². The summed E-state index contributed by atoms with van der Waals surface area (Å²) in [6.07, 6.45) is 4.98. The van der Waals surface area contributed by atoms with Crippen molar-refractivity contribution in [2.24, 2.45) is 11.3 Å². The normalized spacial score (nSPS) is 29.5. The molecule has 0 aromatic carbocycles. The number of hydrogen-bond acceptors (Lipinski definition) is 2. The molecule has 1 N–H and O–H groups in total. The minimum atomic E-state index is -0.0516. The molecule has 0 amide bonds. The predicted octanol–water partition coefficient (Wildman–Crippen LogP) is 4.39. The molecule has 0 aromatic rings. The van der Waals surface area contributed by atoms with Crippen molar-refractivity contribution in [1.29, 1.82) is 0 Å². The fraction of sp³-hybridized carbons (Fsp3) is 1.00. The second kappa shape index (κ2) is 6.13. The maximum Gasteiger partial charge on any atom is 0.0813 e. The lowest BCUT2D eigenvalue weighted by molar-refractivity contribution is -0.154. The Bertz CT molecular complexity index is 264. The standard InChI is InChI=1S/C17H35NO/c1-8-18-13-17(19-16(5,6)7)11-9-14(10-12-17)15(2,3)4/h14,18H,8-13H2,1-7H3. The van der Waals surface area contributed by atoms with Gasteiger partial charge in [0, 0.05) is 6.54 Å². The van der Waals surface area contributed by atoms with Gasteiger partial charge in [0.2, 0.25) is 0 Å².